The highest BCUT2D eigenvalue weighted by Crippen LogP contribution is 2.19. The number of hydrogen-bond donors (Lipinski definition) is 3. The van der Waals surface area contributed by atoms with Gasteiger partial charge in [0, 0.05) is 24.3 Å². The largest absolute Gasteiger partial charge is 0.349 e. The van der Waals surface area contributed by atoms with Crippen LogP contribution in [-0.4, -0.2) is 25.0 Å². The number of carbonyl (C=O) groups is 2. The van der Waals surface area contributed by atoms with Crippen molar-refractivity contribution >= 4 is 17.6 Å². The molecule has 1 aliphatic rings. The van der Waals surface area contributed by atoms with Crippen LogP contribution >= 0.6 is 0 Å². The second kappa shape index (κ2) is 4.86. The van der Waals surface area contributed by atoms with E-state index >= 15 is 0 Å². The number of carbonyl (C=O) groups excluding carboxylic acids is 2. The predicted octanol–water partition coefficient (Wildman–Crippen LogP) is 1.33. The summed E-state index contributed by atoms with van der Waals surface area (Å²) in [4.78, 5) is 22.7. The molecule has 0 spiro atoms. The minimum Gasteiger partial charge on any atom is -0.349 e. The first-order chi connectivity index (χ1) is 8.19. The van der Waals surface area contributed by atoms with Crippen LogP contribution in [0.2, 0.25) is 0 Å². The molecule has 5 nitrogen and oxygen atoms in total. The van der Waals surface area contributed by atoms with Crippen LogP contribution in [0.15, 0.2) is 24.3 Å². The van der Waals surface area contributed by atoms with Crippen molar-refractivity contribution in [3.63, 3.8) is 0 Å². The molecule has 1 aromatic carbocycles. The predicted molar refractivity (Wildman–Crippen MR) is 65.0 cm³/mol. The van der Waals surface area contributed by atoms with Crippen molar-refractivity contribution in [2.24, 2.45) is 0 Å². The maximum absolute atomic E-state index is 11.7. The third kappa shape index (κ3) is 3.21. The zero-order valence-corrected chi connectivity index (χ0v) is 9.62. The van der Waals surface area contributed by atoms with E-state index in [1.807, 2.05) is 0 Å². The smallest absolute Gasteiger partial charge is 0.318 e. The molecule has 0 unspecified atom stereocenters. The SMILES string of the molecule is CNC(=O)Nc1ccc(C(=O)NC2CC2)cc1. The molecule has 3 N–H and O–H groups in total. The number of nitrogens with one attached hydrogen (secondary N) is 3. The van der Waals surface area contributed by atoms with Gasteiger partial charge in [0.1, 0.15) is 0 Å². The summed E-state index contributed by atoms with van der Waals surface area (Å²) in [5, 5.41) is 7.99. The Kier molecular flexibility index (Phi) is 3.27. The van der Waals surface area contributed by atoms with Crippen LogP contribution < -0.4 is 16.0 Å². The van der Waals surface area contributed by atoms with Crippen molar-refractivity contribution < 1.29 is 9.59 Å². The van der Waals surface area contributed by atoms with Crippen LogP contribution in [0.5, 0.6) is 0 Å². The number of rotatable bonds is 3. The molecule has 1 fully saturated rings. The maximum Gasteiger partial charge on any atom is 0.318 e. The van der Waals surface area contributed by atoms with E-state index in [9.17, 15) is 9.59 Å². The molecule has 0 heterocycles. The van der Waals surface area contributed by atoms with Crippen molar-refractivity contribution in [3.8, 4) is 0 Å². The van der Waals surface area contributed by atoms with Crippen LogP contribution in [-0.2, 0) is 0 Å². The van der Waals surface area contributed by atoms with Crippen molar-refractivity contribution in [3.05, 3.63) is 29.8 Å². The lowest BCUT2D eigenvalue weighted by Gasteiger charge is -2.06. The van der Waals surface area contributed by atoms with Crippen LogP contribution in [0.3, 0.4) is 0 Å². The Bertz CT molecular complexity index is 424. The van der Waals surface area contributed by atoms with Gasteiger partial charge in [-0.05, 0) is 37.1 Å². The standard InChI is InChI=1S/C12H15N3O2/c1-13-12(17)15-10-4-2-8(3-5-10)11(16)14-9-6-7-9/h2-5,9H,6-7H2,1H3,(H,14,16)(H2,13,15,17). The lowest BCUT2D eigenvalue weighted by molar-refractivity contribution is 0.0951. The molecule has 90 valence electrons. The fraction of sp³-hybridized carbons (Fsp3) is 0.333. The molecule has 0 aromatic heterocycles. The second-order valence-corrected chi connectivity index (χ2v) is 4.03. The molecule has 1 aliphatic carbocycles. The van der Waals surface area contributed by atoms with Gasteiger partial charge < -0.3 is 16.0 Å². The summed E-state index contributed by atoms with van der Waals surface area (Å²) in [7, 11) is 1.55. The lowest BCUT2D eigenvalue weighted by Crippen LogP contribution is -2.26. The van der Waals surface area contributed by atoms with Crippen LogP contribution in [0.25, 0.3) is 0 Å². The van der Waals surface area contributed by atoms with E-state index in [4.69, 9.17) is 0 Å². The van der Waals surface area contributed by atoms with Gasteiger partial charge in [-0.1, -0.05) is 0 Å². The fourth-order valence-corrected chi connectivity index (χ4v) is 1.39. The van der Waals surface area contributed by atoms with E-state index in [0.717, 1.165) is 12.8 Å². The van der Waals surface area contributed by atoms with Gasteiger partial charge in [-0.25, -0.2) is 4.79 Å². The zero-order chi connectivity index (χ0) is 12.3. The Morgan fingerprint density at radius 3 is 2.35 bits per heavy atom. The van der Waals surface area contributed by atoms with Gasteiger partial charge in [0.05, 0.1) is 0 Å². The first-order valence-corrected chi connectivity index (χ1v) is 5.58. The van der Waals surface area contributed by atoms with Gasteiger partial charge >= 0.3 is 6.03 Å². The number of urea groups is 1. The lowest BCUT2D eigenvalue weighted by atomic mass is 10.2. The summed E-state index contributed by atoms with van der Waals surface area (Å²) in [6.07, 6.45) is 2.14. The molecule has 5 heteroatoms. The van der Waals surface area contributed by atoms with Gasteiger partial charge in [-0.3, -0.25) is 4.79 Å². The highest BCUT2D eigenvalue weighted by molar-refractivity contribution is 5.95. The molecule has 0 saturated heterocycles. The highest BCUT2D eigenvalue weighted by Gasteiger charge is 2.23. The normalized spacial score (nSPS) is 13.9. The van der Waals surface area contributed by atoms with E-state index in [1.54, 1.807) is 31.3 Å². The Hall–Kier alpha value is -2.04. The van der Waals surface area contributed by atoms with Gasteiger partial charge in [-0.15, -0.1) is 0 Å². The van der Waals surface area contributed by atoms with Crippen molar-refractivity contribution in [1.29, 1.82) is 0 Å². The number of hydrogen-bond acceptors (Lipinski definition) is 2. The van der Waals surface area contributed by atoms with Gasteiger partial charge in [-0.2, -0.15) is 0 Å². The minimum atomic E-state index is -0.278. The molecule has 3 amide bonds. The van der Waals surface area contributed by atoms with Crippen LogP contribution in [0.1, 0.15) is 23.2 Å². The van der Waals surface area contributed by atoms with Crippen LogP contribution in [0.4, 0.5) is 10.5 Å². The fourth-order valence-electron chi connectivity index (χ4n) is 1.39. The van der Waals surface area contributed by atoms with Gasteiger partial charge in [0.25, 0.3) is 5.91 Å². The molecule has 0 radical (unpaired) electrons. The summed E-state index contributed by atoms with van der Waals surface area (Å²) in [5.41, 5.74) is 1.27. The van der Waals surface area contributed by atoms with Crippen molar-refractivity contribution in [2.45, 2.75) is 18.9 Å². The average molecular weight is 233 g/mol. The molecular formula is C12H15N3O2. The molecular weight excluding hydrogens is 218 g/mol. The topological polar surface area (TPSA) is 70.2 Å². The van der Waals surface area contributed by atoms with E-state index < -0.39 is 0 Å². The summed E-state index contributed by atoms with van der Waals surface area (Å²) in [6, 6.07) is 6.88. The number of benzene rings is 1. The van der Waals surface area contributed by atoms with Crippen molar-refractivity contribution in [1.82, 2.24) is 10.6 Å². The first-order valence-electron chi connectivity index (χ1n) is 5.58. The summed E-state index contributed by atoms with van der Waals surface area (Å²) in [6.45, 7) is 0. The average Bonchev–Trinajstić information content (AvgIpc) is 3.13. The third-order valence-corrected chi connectivity index (χ3v) is 2.54. The minimum absolute atomic E-state index is 0.0565. The Morgan fingerprint density at radius 1 is 1.18 bits per heavy atom. The molecule has 0 aliphatic heterocycles. The third-order valence-electron chi connectivity index (χ3n) is 2.54. The highest BCUT2D eigenvalue weighted by atomic mass is 16.2. The zero-order valence-electron chi connectivity index (χ0n) is 9.62. The van der Waals surface area contributed by atoms with E-state index in [0.29, 0.717) is 17.3 Å². The van der Waals surface area contributed by atoms with Crippen molar-refractivity contribution in [2.75, 3.05) is 12.4 Å². The van der Waals surface area contributed by atoms with Gasteiger partial charge in [0.2, 0.25) is 0 Å². The Balaban J connectivity index is 1.96. The maximum atomic E-state index is 11.7. The quantitative estimate of drug-likeness (QED) is 0.737. The second-order valence-electron chi connectivity index (χ2n) is 4.03. The molecule has 1 aromatic rings. The molecule has 1 saturated carbocycles. The summed E-state index contributed by atoms with van der Waals surface area (Å²) < 4.78 is 0. The molecule has 0 bridgehead atoms. The first kappa shape index (κ1) is 11.4. The van der Waals surface area contributed by atoms with E-state index in [2.05, 4.69) is 16.0 Å². The van der Waals surface area contributed by atoms with Gasteiger partial charge in [0.15, 0.2) is 0 Å². The Morgan fingerprint density at radius 2 is 1.82 bits per heavy atom. The number of anilines is 1. The van der Waals surface area contributed by atoms with Crippen LogP contribution in [0, 0.1) is 0 Å². The Labute approximate surface area is 99.6 Å². The van der Waals surface area contributed by atoms with E-state index in [1.165, 1.54) is 0 Å². The molecule has 0 atom stereocenters. The summed E-state index contributed by atoms with van der Waals surface area (Å²) >= 11 is 0. The molecule has 17 heavy (non-hydrogen) atoms. The van der Waals surface area contributed by atoms with E-state index in [-0.39, 0.29) is 11.9 Å². The number of amides is 3. The summed E-state index contributed by atoms with van der Waals surface area (Å²) in [5.74, 6) is -0.0565. The molecule has 2 rings (SSSR count). The monoisotopic (exact) mass is 233 g/mol.